The Morgan fingerprint density at radius 1 is 0.950 bits per heavy atom. The summed E-state index contributed by atoms with van der Waals surface area (Å²) in [5, 5.41) is 4.49. The van der Waals surface area contributed by atoms with E-state index in [9.17, 15) is 4.79 Å². The van der Waals surface area contributed by atoms with E-state index in [1.54, 1.807) is 43.1 Å². The predicted molar refractivity (Wildman–Crippen MR) is 74.8 cm³/mol. The van der Waals surface area contributed by atoms with Gasteiger partial charge in [0, 0.05) is 36.4 Å². The summed E-state index contributed by atoms with van der Waals surface area (Å²) in [5.41, 5.74) is 2.14. The monoisotopic (exact) mass is 263 g/mol. The smallest absolute Gasteiger partial charge is 0.280 e. The molecule has 4 aromatic rings. The van der Waals surface area contributed by atoms with Crippen LogP contribution in [0, 0.1) is 0 Å². The van der Waals surface area contributed by atoms with Crippen LogP contribution >= 0.6 is 0 Å². The molecule has 0 saturated heterocycles. The first kappa shape index (κ1) is 10.9. The van der Waals surface area contributed by atoms with Crippen molar-refractivity contribution in [2.75, 3.05) is 0 Å². The van der Waals surface area contributed by atoms with Gasteiger partial charge >= 0.3 is 0 Å². The van der Waals surface area contributed by atoms with Crippen LogP contribution in [0.4, 0.5) is 0 Å². The number of aromatic amines is 1. The molecule has 0 aliphatic carbocycles. The van der Waals surface area contributed by atoms with E-state index in [0.717, 1.165) is 22.1 Å². The summed E-state index contributed by atoms with van der Waals surface area (Å²) in [6.45, 7) is 0. The quantitative estimate of drug-likeness (QED) is 0.566. The van der Waals surface area contributed by atoms with Crippen molar-refractivity contribution in [1.82, 2.24) is 24.7 Å². The average Bonchev–Trinajstić information content (AvgIpc) is 2.86. The van der Waals surface area contributed by atoms with Crippen molar-refractivity contribution in [2.24, 2.45) is 0 Å². The summed E-state index contributed by atoms with van der Waals surface area (Å²) in [6, 6.07) is 5.35. The molecule has 4 rings (SSSR count). The lowest BCUT2D eigenvalue weighted by Crippen LogP contribution is -2.14. The number of nitrogens with zero attached hydrogens (tertiary/aromatic N) is 4. The number of aromatic nitrogens is 5. The van der Waals surface area contributed by atoms with E-state index in [1.165, 1.54) is 4.68 Å². The van der Waals surface area contributed by atoms with Gasteiger partial charge in [-0.1, -0.05) is 0 Å². The topological polar surface area (TPSA) is 76.5 Å². The molecule has 96 valence electrons. The van der Waals surface area contributed by atoms with Crippen LogP contribution in [-0.4, -0.2) is 24.7 Å². The van der Waals surface area contributed by atoms with Crippen LogP contribution < -0.4 is 5.56 Å². The van der Waals surface area contributed by atoms with Gasteiger partial charge < -0.3 is 0 Å². The summed E-state index contributed by atoms with van der Waals surface area (Å²) < 4.78 is 1.49. The van der Waals surface area contributed by atoms with Gasteiger partial charge in [-0.2, -0.15) is 0 Å². The van der Waals surface area contributed by atoms with Gasteiger partial charge in [-0.05, 0) is 18.2 Å². The zero-order valence-corrected chi connectivity index (χ0v) is 10.3. The molecule has 0 radical (unpaired) electrons. The standard InChI is InChI=1S/C14H9N5O/c20-14-11-8-17-12-3-6-16-7-10(12)13(11)18-19(14)9-1-4-15-5-2-9/h1-8,18H. The highest BCUT2D eigenvalue weighted by atomic mass is 16.1. The zero-order chi connectivity index (χ0) is 13.5. The Morgan fingerprint density at radius 3 is 2.60 bits per heavy atom. The number of hydrogen-bond acceptors (Lipinski definition) is 4. The molecule has 0 aliphatic rings. The Kier molecular flexibility index (Phi) is 2.17. The molecular formula is C14H9N5O. The van der Waals surface area contributed by atoms with Crippen LogP contribution in [0.15, 0.2) is 54.0 Å². The maximum Gasteiger partial charge on any atom is 0.280 e. The molecule has 4 aromatic heterocycles. The summed E-state index contributed by atoms with van der Waals surface area (Å²) in [7, 11) is 0. The van der Waals surface area contributed by atoms with Crippen LogP contribution in [0.25, 0.3) is 27.5 Å². The molecule has 0 atom stereocenters. The van der Waals surface area contributed by atoms with Gasteiger partial charge in [0.15, 0.2) is 0 Å². The lowest BCUT2D eigenvalue weighted by atomic mass is 10.2. The van der Waals surface area contributed by atoms with Crippen LogP contribution in [0.5, 0.6) is 0 Å². The molecule has 4 heterocycles. The number of pyridine rings is 3. The first-order valence-electron chi connectivity index (χ1n) is 6.08. The van der Waals surface area contributed by atoms with Crippen molar-refractivity contribution in [3.63, 3.8) is 0 Å². The van der Waals surface area contributed by atoms with Crippen molar-refractivity contribution < 1.29 is 0 Å². The van der Waals surface area contributed by atoms with E-state index < -0.39 is 0 Å². The van der Waals surface area contributed by atoms with Crippen molar-refractivity contribution in [3.05, 3.63) is 59.5 Å². The Morgan fingerprint density at radius 2 is 1.75 bits per heavy atom. The molecule has 0 unspecified atom stereocenters. The minimum absolute atomic E-state index is 0.135. The second kappa shape index (κ2) is 3.99. The van der Waals surface area contributed by atoms with Crippen LogP contribution in [0.3, 0.4) is 0 Å². The number of nitrogens with one attached hydrogen (secondary N) is 1. The summed E-state index contributed by atoms with van der Waals surface area (Å²) in [5.74, 6) is 0. The lowest BCUT2D eigenvalue weighted by Gasteiger charge is -1.99. The molecule has 0 spiro atoms. The van der Waals surface area contributed by atoms with Crippen molar-refractivity contribution in [2.45, 2.75) is 0 Å². The van der Waals surface area contributed by atoms with E-state index in [0.29, 0.717) is 5.39 Å². The molecule has 6 heteroatoms. The van der Waals surface area contributed by atoms with E-state index >= 15 is 0 Å². The fraction of sp³-hybridized carbons (Fsp3) is 0. The normalized spacial score (nSPS) is 11.2. The van der Waals surface area contributed by atoms with Crippen LogP contribution in [-0.2, 0) is 0 Å². The molecule has 0 bridgehead atoms. The Balaban J connectivity index is 2.13. The Hall–Kier alpha value is -3.02. The van der Waals surface area contributed by atoms with Crippen molar-refractivity contribution in [1.29, 1.82) is 0 Å². The third kappa shape index (κ3) is 1.45. The summed E-state index contributed by atoms with van der Waals surface area (Å²) >= 11 is 0. The minimum atomic E-state index is -0.135. The summed E-state index contributed by atoms with van der Waals surface area (Å²) in [4.78, 5) is 24.8. The molecule has 0 aromatic carbocycles. The average molecular weight is 263 g/mol. The van der Waals surface area contributed by atoms with Crippen LogP contribution in [0.1, 0.15) is 0 Å². The second-order valence-electron chi connectivity index (χ2n) is 4.40. The first-order valence-corrected chi connectivity index (χ1v) is 6.08. The third-order valence-corrected chi connectivity index (χ3v) is 3.25. The number of H-pyrrole nitrogens is 1. The SMILES string of the molecule is O=c1c2cnc3ccncc3c2[nH]n1-c1ccncc1. The van der Waals surface area contributed by atoms with Gasteiger partial charge in [0.05, 0.1) is 22.1 Å². The summed E-state index contributed by atoms with van der Waals surface area (Å²) in [6.07, 6.45) is 8.27. The van der Waals surface area contributed by atoms with Gasteiger partial charge in [0.25, 0.3) is 5.56 Å². The minimum Gasteiger partial charge on any atom is -0.289 e. The highest BCUT2D eigenvalue weighted by Gasteiger charge is 2.11. The maximum atomic E-state index is 12.4. The molecule has 20 heavy (non-hydrogen) atoms. The van der Waals surface area contributed by atoms with Crippen molar-refractivity contribution in [3.8, 4) is 5.69 Å². The largest absolute Gasteiger partial charge is 0.289 e. The van der Waals surface area contributed by atoms with Gasteiger partial charge in [0.2, 0.25) is 0 Å². The van der Waals surface area contributed by atoms with Crippen LogP contribution in [0.2, 0.25) is 0 Å². The molecule has 0 saturated carbocycles. The van der Waals surface area contributed by atoms with E-state index in [-0.39, 0.29) is 5.56 Å². The third-order valence-electron chi connectivity index (χ3n) is 3.25. The predicted octanol–water partition coefficient (Wildman–Crippen LogP) is 1.66. The molecule has 6 nitrogen and oxygen atoms in total. The fourth-order valence-electron chi connectivity index (χ4n) is 2.28. The van der Waals surface area contributed by atoms with Gasteiger partial charge in [0.1, 0.15) is 0 Å². The molecule has 1 N–H and O–H groups in total. The first-order chi connectivity index (χ1) is 9.84. The number of fused-ring (bicyclic) bond motifs is 3. The lowest BCUT2D eigenvalue weighted by molar-refractivity contribution is 0.862. The van der Waals surface area contributed by atoms with Gasteiger partial charge in [-0.3, -0.25) is 24.8 Å². The number of hydrogen-bond donors (Lipinski definition) is 1. The van der Waals surface area contributed by atoms with Crippen molar-refractivity contribution >= 4 is 21.8 Å². The molecule has 0 fully saturated rings. The Labute approximate surface area is 112 Å². The Bertz CT molecular complexity index is 971. The molecule has 0 amide bonds. The number of rotatable bonds is 1. The second-order valence-corrected chi connectivity index (χ2v) is 4.40. The molecule has 0 aliphatic heterocycles. The highest BCUT2D eigenvalue weighted by Crippen LogP contribution is 2.19. The van der Waals surface area contributed by atoms with E-state index in [1.807, 2.05) is 6.07 Å². The molecular weight excluding hydrogens is 254 g/mol. The van der Waals surface area contributed by atoms with Gasteiger partial charge in [-0.15, -0.1) is 0 Å². The van der Waals surface area contributed by atoms with E-state index in [2.05, 4.69) is 20.1 Å². The maximum absolute atomic E-state index is 12.4. The fourth-order valence-corrected chi connectivity index (χ4v) is 2.28. The highest BCUT2D eigenvalue weighted by molar-refractivity contribution is 6.02. The van der Waals surface area contributed by atoms with Gasteiger partial charge in [-0.25, -0.2) is 4.68 Å². The van der Waals surface area contributed by atoms with E-state index in [4.69, 9.17) is 0 Å². The zero-order valence-electron chi connectivity index (χ0n) is 10.3.